The minimum absolute atomic E-state index is 0.0212. The van der Waals surface area contributed by atoms with Gasteiger partial charge in [0.05, 0.1) is 6.54 Å². The first-order chi connectivity index (χ1) is 9.19. The molecule has 0 amide bonds. The molecule has 1 saturated heterocycles. The quantitative estimate of drug-likeness (QED) is 0.822. The summed E-state index contributed by atoms with van der Waals surface area (Å²) >= 11 is 0. The zero-order chi connectivity index (χ0) is 13.7. The molecule has 0 atom stereocenters. The second-order valence-corrected chi connectivity index (χ2v) is 5.09. The van der Waals surface area contributed by atoms with Gasteiger partial charge >= 0.3 is 5.97 Å². The molecular formula is C14H22N2O3. The van der Waals surface area contributed by atoms with Crippen molar-refractivity contribution in [2.45, 2.75) is 26.3 Å². The Morgan fingerprint density at radius 3 is 2.79 bits per heavy atom. The molecule has 5 heteroatoms. The number of carboxylic acid groups (broad SMARTS) is 1. The van der Waals surface area contributed by atoms with E-state index in [0.29, 0.717) is 6.54 Å². The zero-order valence-corrected chi connectivity index (χ0v) is 11.4. The molecule has 0 aliphatic carbocycles. The normalized spacial score (nSPS) is 16.9. The van der Waals surface area contributed by atoms with Gasteiger partial charge in [0.15, 0.2) is 0 Å². The Morgan fingerprint density at radius 1 is 1.47 bits per heavy atom. The molecule has 1 aromatic rings. The highest BCUT2D eigenvalue weighted by Gasteiger charge is 2.17. The molecule has 1 fully saturated rings. The number of hydrogen-bond donors (Lipinski definition) is 2. The Hall–Kier alpha value is -1.33. The average molecular weight is 266 g/mol. The maximum atomic E-state index is 10.8. The van der Waals surface area contributed by atoms with Crippen molar-refractivity contribution < 1.29 is 14.3 Å². The Morgan fingerprint density at radius 2 is 2.21 bits per heavy atom. The summed E-state index contributed by atoms with van der Waals surface area (Å²) in [6.07, 6.45) is 2.43. The summed E-state index contributed by atoms with van der Waals surface area (Å²) in [5.41, 5.74) is 0. The topological polar surface area (TPSA) is 65.7 Å². The molecule has 1 aliphatic heterocycles. The van der Waals surface area contributed by atoms with Crippen molar-refractivity contribution in [1.82, 2.24) is 10.2 Å². The van der Waals surface area contributed by atoms with Crippen molar-refractivity contribution >= 4 is 5.97 Å². The van der Waals surface area contributed by atoms with Gasteiger partial charge in [0.1, 0.15) is 5.76 Å². The summed E-state index contributed by atoms with van der Waals surface area (Å²) in [4.78, 5) is 13.1. The van der Waals surface area contributed by atoms with Crippen LogP contribution in [0.4, 0.5) is 0 Å². The molecule has 0 aromatic carbocycles. The van der Waals surface area contributed by atoms with Crippen LogP contribution in [-0.2, 0) is 6.54 Å². The SMILES string of the molecule is CCN(Cc1ccc(C(=O)O)o1)CC1CCNCC1. The largest absolute Gasteiger partial charge is 0.475 e. The van der Waals surface area contributed by atoms with Crippen molar-refractivity contribution in [3.63, 3.8) is 0 Å². The van der Waals surface area contributed by atoms with Crippen LogP contribution in [0.1, 0.15) is 36.1 Å². The maximum absolute atomic E-state index is 10.8. The second kappa shape index (κ2) is 6.73. The van der Waals surface area contributed by atoms with E-state index in [0.717, 1.165) is 37.9 Å². The van der Waals surface area contributed by atoms with Crippen LogP contribution in [0.5, 0.6) is 0 Å². The standard InChI is InChI=1S/C14H22N2O3/c1-2-16(9-11-5-7-15-8-6-11)10-12-3-4-13(19-12)14(17)18/h3-4,11,15H,2,5-10H2,1H3,(H,17,18). The van der Waals surface area contributed by atoms with E-state index in [1.807, 2.05) is 0 Å². The van der Waals surface area contributed by atoms with Gasteiger partial charge in [0.2, 0.25) is 5.76 Å². The van der Waals surface area contributed by atoms with Crippen molar-refractivity contribution in [2.75, 3.05) is 26.2 Å². The average Bonchev–Trinajstić information content (AvgIpc) is 2.88. The molecule has 1 aromatic heterocycles. The van der Waals surface area contributed by atoms with Gasteiger partial charge in [-0.15, -0.1) is 0 Å². The molecule has 1 aliphatic rings. The number of piperidine rings is 1. The summed E-state index contributed by atoms with van der Waals surface area (Å²) in [6, 6.07) is 3.28. The lowest BCUT2D eigenvalue weighted by atomic mass is 9.97. The third kappa shape index (κ3) is 4.08. The highest BCUT2D eigenvalue weighted by Crippen LogP contribution is 2.16. The lowest BCUT2D eigenvalue weighted by molar-refractivity contribution is 0.0658. The van der Waals surface area contributed by atoms with Crippen LogP contribution in [0.3, 0.4) is 0 Å². The van der Waals surface area contributed by atoms with E-state index in [-0.39, 0.29) is 5.76 Å². The van der Waals surface area contributed by atoms with Crippen LogP contribution in [0, 0.1) is 5.92 Å². The van der Waals surface area contributed by atoms with Crippen molar-refractivity contribution in [2.24, 2.45) is 5.92 Å². The molecule has 19 heavy (non-hydrogen) atoms. The van der Waals surface area contributed by atoms with Crippen LogP contribution in [-0.4, -0.2) is 42.2 Å². The molecule has 106 valence electrons. The van der Waals surface area contributed by atoms with E-state index >= 15 is 0 Å². The Bertz CT molecular complexity index is 411. The number of nitrogens with one attached hydrogen (secondary N) is 1. The molecule has 0 unspecified atom stereocenters. The number of rotatable bonds is 6. The first-order valence-electron chi connectivity index (χ1n) is 6.94. The fourth-order valence-corrected chi connectivity index (χ4v) is 2.53. The Labute approximate surface area is 113 Å². The Balaban J connectivity index is 1.88. The van der Waals surface area contributed by atoms with E-state index in [9.17, 15) is 4.79 Å². The third-order valence-corrected chi connectivity index (χ3v) is 3.67. The lowest BCUT2D eigenvalue weighted by Gasteiger charge is -2.28. The van der Waals surface area contributed by atoms with E-state index in [4.69, 9.17) is 9.52 Å². The van der Waals surface area contributed by atoms with Crippen LogP contribution in [0.15, 0.2) is 16.5 Å². The molecular weight excluding hydrogens is 244 g/mol. The van der Waals surface area contributed by atoms with Crippen molar-refractivity contribution in [3.05, 3.63) is 23.7 Å². The van der Waals surface area contributed by atoms with Crippen LogP contribution >= 0.6 is 0 Å². The predicted octanol–water partition coefficient (Wildman–Crippen LogP) is 1.80. The molecule has 2 heterocycles. The number of nitrogens with zero attached hydrogens (tertiary/aromatic N) is 1. The number of carboxylic acids is 1. The minimum Gasteiger partial charge on any atom is -0.475 e. The highest BCUT2D eigenvalue weighted by atomic mass is 16.4. The molecule has 5 nitrogen and oxygen atoms in total. The maximum Gasteiger partial charge on any atom is 0.371 e. The van der Waals surface area contributed by atoms with Crippen LogP contribution < -0.4 is 5.32 Å². The van der Waals surface area contributed by atoms with Gasteiger partial charge in [-0.3, -0.25) is 4.90 Å². The third-order valence-electron chi connectivity index (χ3n) is 3.67. The second-order valence-electron chi connectivity index (χ2n) is 5.09. The first kappa shape index (κ1) is 14.1. The number of carbonyl (C=O) groups is 1. The van der Waals surface area contributed by atoms with Gasteiger partial charge in [-0.05, 0) is 50.5 Å². The van der Waals surface area contributed by atoms with Crippen molar-refractivity contribution in [1.29, 1.82) is 0 Å². The minimum atomic E-state index is -1.01. The predicted molar refractivity (Wildman–Crippen MR) is 72.2 cm³/mol. The van der Waals surface area contributed by atoms with Gasteiger partial charge in [0, 0.05) is 6.54 Å². The van der Waals surface area contributed by atoms with Gasteiger partial charge in [-0.2, -0.15) is 0 Å². The molecule has 0 bridgehead atoms. The van der Waals surface area contributed by atoms with Crippen LogP contribution in [0.25, 0.3) is 0 Å². The lowest BCUT2D eigenvalue weighted by Crippen LogP contribution is -2.35. The first-order valence-corrected chi connectivity index (χ1v) is 6.94. The summed E-state index contributed by atoms with van der Waals surface area (Å²) in [5, 5.41) is 12.2. The summed E-state index contributed by atoms with van der Waals surface area (Å²) in [5.74, 6) is 0.476. The number of hydrogen-bond acceptors (Lipinski definition) is 4. The fourth-order valence-electron chi connectivity index (χ4n) is 2.53. The van der Waals surface area contributed by atoms with Crippen molar-refractivity contribution in [3.8, 4) is 0 Å². The van der Waals surface area contributed by atoms with Gasteiger partial charge in [0.25, 0.3) is 0 Å². The van der Waals surface area contributed by atoms with Gasteiger partial charge in [-0.25, -0.2) is 4.79 Å². The van der Waals surface area contributed by atoms with Crippen LogP contribution in [0.2, 0.25) is 0 Å². The zero-order valence-electron chi connectivity index (χ0n) is 11.4. The molecule has 2 N–H and O–H groups in total. The van der Waals surface area contributed by atoms with E-state index in [2.05, 4.69) is 17.1 Å². The monoisotopic (exact) mass is 266 g/mol. The Kier molecular flexibility index (Phi) is 4.99. The summed E-state index contributed by atoms with van der Waals surface area (Å²) < 4.78 is 5.31. The number of aromatic carboxylic acids is 1. The molecule has 0 spiro atoms. The summed E-state index contributed by atoms with van der Waals surface area (Å²) in [7, 11) is 0. The molecule has 2 rings (SSSR count). The van der Waals surface area contributed by atoms with Gasteiger partial charge < -0.3 is 14.8 Å². The number of furan rings is 1. The fraction of sp³-hybridized carbons (Fsp3) is 0.643. The van der Waals surface area contributed by atoms with E-state index in [1.54, 1.807) is 6.07 Å². The highest BCUT2D eigenvalue weighted by molar-refractivity contribution is 5.84. The summed E-state index contributed by atoms with van der Waals surface area (Å²) in [6.45, 7) is 7.03. The van der Waals surface area contributed by atoms with Gasteiger partial charge in [-0.1, -0.05) is 6.92 Å². The van der Waals surface area contributed by atoms with E-state index < -0.39 is 5.97 Å². The van der Waals surface area contributed by atoms with E-state index in [1.165, 1.54) is 18.9 Å². The smallest absolute Gasteiger partial charge is 0.371 e. The molecule has 0 radical (unpaired) electrons. The molecule has 0 saturated carbocycles.